The number of hydrogen-bond acceptors (Lipinski definition) is 4. The number of rotatable bonds is 3. The summed E-state index contributed by atoms with van der Waals surface area (Å²) in [7, 11) is 1.58. The van der Waals surface area contributed by atoms with E-state index in [4.69, 9.17) is 0 Å². The van der Waals surface area contributed by atoms with Crippen molar-refractivity contribution in [1.82, 2.24) is 10.3 Å². The Bertz CT molecular complexity index is 436. The van der Waals surface area contributed by atoms with Crippen molar-refractivity contribution in [2.45, 2.75) is 44.2 Å². The number of nitrogens with zero attached hydrogens (tertiary/aromatic N) is 1. The maximum absolute atomic E-state index is 11.5. The number of carbonyl (C=O) groups is 1. The van der Waals surface area contributed by atoms with Crippen molar-refractivity contribution in [2.24, 2.45) is 0 Å². The van der Waals surface area contributed by atoms with Crippen molar-refractivity contribution in [3.63, 3.8) is 0 Å². The molecule has 1 amide bonds. The molecule has 0 saturated heterocycles. The van der Waals surface area contributed by atoms with E-state index in [1.165, 1.54) is 6.42 Å². The van der Waals surface area contributed by atoms with Crippen LogP contribution in [0.2, 0.25) is 0 Å². The minimum atomic E-state index is -0.320. The maximum atomic E-state index is 11.5. The molecule has 0 radical (unpaired) electrons. The van der Waals surface area contributed by atoms with Gasteiger partial charge in [-0.1, -0.05) is 19.3 Å². The highest BCUT2D eigenvalue weighted by atomic mass is 16.3. The molecule has 0 aliphatic heterocycles. The standard InChI is InChI=1S/C14H21N3O2/c1-15-14(19)12-9-10(7-8-16-12)17-11-5-3-2-4-6-13(11)18/h7-9,11,13,18H,2-6H2,1H3,(H,15,19)(H,16,17). The molecule has 1 saturated carbocycles. The minimum Gasteiger partial charge on any atom is -0.391 e. The highest BCUT2D eigenvalue weighted by Crippen LogP contribution is 2.21. The van der Waals surface area contributed by atoms with Crippen LogP contribution in [0.5, 0.6) is 0 Å². The van der Waals surface area contributed by atoms with E-state index >= 15 is 0 Å². The van der Waals surface area contributed by atoms with Crippen LogP contribution in [0.15, 0.2) is 18.3 Å². The van der Waals surface area contributed by atoms with Gasteiger partial charge in [0.25, 0.3) is 5.91 Å². The van der Waals surface area contributed by atoms with E-state index in [2.05, 4.69) is 15.6 Å². The number of carbonyl (C=O) groups excluding carboxylic acids is 1. The highest BCUT2D eigenvalue weighted by molar-refractivity contribution is 5.92. The molecular formula is C14H21N3O2. The van der Waals surface area contributed by atoms with Crippen LogP contribution in [-0.4, -0.2) is 35.2 Å². The van der Waals surface area contributed by atoms with Gasteiger partial charge in [0, 0.05) is 18.9 Å². The molecule has 0 bridgehead atoms. The fourth-order valence-electron chi connectivity index (χ4n) is 2.44. The van der Waals surface area contributed by atoms with Crippen LogP contribution in [0.3, 0.4) is 0 Å². The second-order valence-electron chi connectivity index (χ2n) is 4.97. The number of pyridine rings is 1. The zero-order valence-corrected chi connectivity index (χ0v) is 11.2. The first-order valence-corrected chi connectivity index (χ1v) is 6.83. The fourth-order valence-corrected chi connectivity index (χ4v) is 2.44. The van der Waals surface area contributed by atoms with Gasteiger partial charge in [0.2, 0.25) is 0 Å². The molecule has 0 aromatic carbocycles. The van der Waals surface area contributed by atoms with Crippen LogP contribution in [0.1, 0.15) is 42.6 Å². The summed E-state index contributed by atoms with van der Waals surface area (Å²) in [6.07, 6.45) is 6.47. The number of aliphatic hydroxyl groups excluding tert-OH is 1. The fraction of sp³-hybridized carbons (Fsp3) is 0.571. The molecule has 2 unspecified atom stereocenters. The van der Waals surface area contributed by atoms with Gasteiger partial charge in [-0.05, 0) is 25.0 Å². The summed E-state index contributed by atoms with van der Waals surface area (Å²) in [5.74, 6) is -0.204. The van der Waals surface area contributed by atoms with E-state index in [0.717, 1.165) is 31.4 Å². The van der Waals surface area contributed by atoms with E-state index < -0.39 is 0 Å². The Labute approximate surface area is 113 Å². The van der Waals surface area contributed by atoms with Gasteiger partial charge >= 0.3 is 0 Å². The quantitative estimate of drug-likeness (QED) is 0.723. The summed E-state index contributed by atoms with van der Waals surface area (Å²) < 4.78 is 0. The molecular weight excluding hydrogens is 242 g/mol. The summed E-state index contributed by atoms with van der Waals surface area (Å²) in [4.78, 5) is 15.6. The van der Waals surface area contributed by atoms with Crippen molar-refractivity contribution in [2.75, 3.05) is 12.4 Å². The van der Waals surface area contributed by atoms with Crippen molar-refractivity contribution in [1.29, 1.82) is 0 Å². The Morgan fingerprint density at radius 3 is 2.95 bits per heavy atom. The number of nitrogens with one attached hydrogen (secondary N) is 2. The molecule has 5 heteroatoms. The van der Waals surface area contributed by atoms with E-state index in [1.54, 1.807) is 19.3 Å². The maximum Gasteiger partial charge on any atom is 0.269 e. The van der Waals surface area contributed by atoms with Crippen molar-refractivity contribution >= 4 is 11.6 Å². The van der Waals surface area contributed by atoms with Crippen LogP contribution in [0, 0.1) is 0 Å². The monoisotopic (exact) mass is 263 g/mol. The largest absolute Gasteiger partial charge is 0.391 e. The number of aromatic nitrogens is 1. The lowest BCUT2D eigenvalue weighted by Crippen LogP contribution is -2.32. The predicted molar refractivity (Wildman–Crippen MR) is 74.1 cm³/mol. The first kappa shape index (κ1) is 13.8. The van der Waals surface area contributed by atoms with Gasteiger partial charge in [0.15, 0.2) is 0 Å². The summed E-state index contributed by atoms with van der Waals surface area (Å²) in [6.45, 7) is 0. The first-order valence-electron chi connectivity index (χ1n) is 6.83. The molecule has 104 valence electrons. The molecule has 1 aromatic rings. The topological polar surface area (TPSA) is 74.2 Å². The zero-order valence-electron chi connectivity index (χ0n) is 11.2. The summed E-state index contributed by atoms with van der Waals surface area (Å²) in [6, 6.07) is 3.60. The van der Waals surface area contributed by atoms with Gasteiger partial charge in [-0.25, -0.2) is 0 Å². The van der Waals surface area contributed by atoms with E-state index in [0.29, 0.717) is 5.69 Å². The summed E-state index contributed by atoms with van der Waals surface area (Å²) in [5.41, 5.74) is 1.22. The first-order chi connectivity index (χ1) is 9.20. The van der Waals surface area contributed by atoms with Gasteiger partial charge in [0.05, 0.1) is 12.1 Å². The summed E-state index contributed by atoms with van der Waals surface area (Å²) >= 11 is 0. The van der Waals surface area contributed by atoms with Gasteiger partial charge in [-0.15, -0.1) is 0 Å². The van der Waals surface area contributed by atoms with Crippen LogP contribution in [-0.2, 0) is 0 Å². The average molecular weight is 263 g/mol. The number of anilines is 1. The van der Waals surface area contributed by atoms with Gasteiger partial charge in [-0.3, -0.25) is 9.78 Å². The van der Waals surface area contributed by atoms with Gasteiger partial charge < -0.3 is 15.7 Å². The Morgan fingerprint density at radius 2 is 2.16 bits per heavy atom. The van der Waals surface area contributed by atoms with Crippen molar-refractivity contribution < 1.29 is 9.90 Å². The second kappa shape index (κ2) is 6.52. The normalized spacial score (nSPS) is 23.5. The van der Waals surface area contributed by atoms with Crippen LogP contribution < -0.4 is 10.6 Å². The molecule has 1 aromatic heterocycles. The Balaban J connectivity index is 2.07. The highest BCUT2D eigenvalue weighted by Gasteiger charge is 2.21. The van der Waals surface area contributed by atoms with Crippen LogP contribution in [0.4, 0.5) is 5.69 Å². The van der Waals surface area contributed by atoms with Crippen molar-refractivity contribution in [3.05, 3.63) is 24.0 Å². The Kier molecular flexibility index (Phi) is 4.74. The van der Waals surface area contributed by atoms with Crippen LogP contribution in [0.25, 0.3) is 0 Å². The third-order valence-electron chi connectivity index (χ3n) is 3.55. The van der Waals surface area contributed by atoms with E-state index in [9.17, 15) is 9.90 Å². The van der Waals surface area contributed by atoms with Crippen molar-refractivity contribution in [3.8, 4) is 0 Å². The molecule has 1 aliphatic rings. The Morgan fingerprint density at radius 1 is 1.37 bits per heavy atom. The molecule has 3 N–H and O–H groups in total. The van der Waals surface area contributed by atoms with Gasteiger partial charge in [0.1, 0.15) is 5.69 Å². The molecule has 2 atom stereocenters. The molecule has 1 fully saturated rings. The molecule has 2 rings (SSSR count). The Hall–Kier alpha value is -1.62. The molecule has 1 heterocycles. The van der Waals surface area contributed by atoms with Gasteiger partial charge in [-0.2, -0.15) is 0 Å². The molecule has 1 aliphatic carbocycles. The average Bonchev–Trinajstić information content (AvgIpc) is 2.64. The third kappa shape index (κ3) is 3.67. The third-order valence-corrected chi connectivity index (χ3v) is 3.55. The summed E-state index contributed by atoms with van der Waals surface area (Å²) in [5, 5.41) is 15.9. The number of aliphatic hydroxyl groups is 1. The lowest BCUT2D eigenvalue weighted by Gasteiger charge is -2.23. The minimum absolute atomic E-state index is 0.0578. The predicted octanol–water partition coefficient (Wildman–Crippen LogP) is 1.55. The van der Waals surface area contributed by atoms with Crippen LogP contribution >= 0.6 is 0 Å². The molecule has 0 spiro atoms. The molecule has 5 nitrogen and oxygen atoms in total. The molecule has 19 heavy (non-hydrogen) atoms. The lowest BCUT2D eigenvalue weighted by molar-refractivity contribution is 0.0958. The lowest BCUT2D eigenvalue weighted by atomic mass is 10.1. The van der Waals surface area contributed by atoms with E-state index in [1.807, 2.05) is 6.07 Å². The van der Waals surface area contributed by atoms with E-state index in [-0.39, 0.29) is 18.1 Å². The number of hydrogen-bond donors (Lipinski definition) is 3. The zero-order chi connectivity index (χ0) is 13.7. The number of amides is 1. The smallest absolute Gasteiger partial charge is 0.269 e. The second-order valence-corrected chi connectivity index (χ2v) is 4.97. The SMILES string of the molecule is CNC(=O)c1cc(NC2CCCCCC2O)ccn1.